The highest BCUT2D eigenvalue weighted by molar-refractivity contribution is 7.84. The summed E-state index contributed by atoms with van der Waals surface area (Å²) in [6, 6.07) is 15.0. The molecule has 0 aliphatic carbocycles. The minimum Gasteiger partial charge on any atom is -0.406 e. The number of aryl methyl sites for hydroxylation is 2. The summed E-state index contributed by atoms with van der Waals surface area (Å²) >= 11 is 0. The van der Waals surface area contributed by atoms with Crippen LogP contribution < -0.4 is 9.46 Å². The number of benzene rings is 2. The number of ether oxygens (including phenoxy) is 1. The van der Waals surface area contributed by atoms with Crippen LogP contribution in [0.3, 0.4) is 0 Å². The summed E-state index contributed by atoms with van der Waals surface area (Å²) in [4.78, 5) is 0. The third-order valence-corrected chi connectivity index (χ3v) is 6.66. The van der Waals surface area contributed by atoms with Gasteiger partial charge in [-0.3, -0.25) is 0 Å². The fraction of sp³-hybridized carbons (Fsp3) is 0.375. The topological polar surface area (TPSA) is 64.4 Å². The van der Waals surface area contributed by atoms with Gasteiger partial charge in [-0.2, -0.15) is 0 Å². The quantitative estimate of drug-likeness (QED) is 0.469. The Morgan fingerprint density at radius 3 is 2.18 bits per heavy atom. The summed E-state index contributed by atoms with van der Waals surface area (Å²) in [6.07, 6.45) is -4.68. The number of hydrogen-bond donors (Lipinski definition) is 1. The van der Waals surface area contributed by atoms with E-state index in [-0.39, 0.29) is 12.2 Å². The first kappa shape index (κ1) is 25.0. The van der Waals surface area contributed by atoms with Crippen LogP contribution in [-0.2, 0) is 22.9 Å². The summed E-state index contributed by atoms with van der Waals surface area (Å²) in [6.45, 7) is 9.15. The Bertz CT molecular complexity index is 1140. The molecule has 0 spiro atoms. The molecule has 0 aliphatic rings. The predicted molar refractivity (Wildman–Crippen MR) is 121 cm³/mol. The zero-order valence-electron chi connectivity index (χ0n) is 19.1. The predicted octanol–water partition coefficient (Wildman–Crippen LogP) is 5.73. The van der Waals surface area contributed by atoms with Gasteiger partial charge in [0.05, 0.1) is 27.0 Å². The van der Waals surface area contributed by atoms with E-state index in [0.717, 1.165) is 11.1 Å². The summed E-state index contributed by atoms with van der Waals surface area (Å²) in [5.41, 5.74) is 1.58. The molecule has 1 N–H and O–H groups in total. The molecule has 9 heteroatoms. The van der Waals surface area contributed by atoms with Crippen LogP contribution in [-0.4, -0.2) is 20.5 Å². The maximum absolute atomic E-state index is 13.4. The van der Waals surface area contributed by atoms with Gasteiger partial charge in [0.1, 0.15) is 11.5 Å². The van der Waals surface area contributed by atoms with Crippen molar-refractivity contribution >= 4 is 11.0 Å². The number of aromatic nitrogens is 1. The maximum atomic E-state index is 13.4. The van der Waals surface area contributed by atoms with Crippen molar-refractivity contribution in [1.29, 1.82) is 0 Å². The molecule has 33 heavy (non-hydrogen) atoms. The Morgan fingerprint density at radius 1 is 1.00 bits per heavy atom. The van der Waals surface area contributed by atoms with E-state index in [2.05, 4.69) is 14.6 Å². The molecule has 2 aromatic carbocycles. The monoisotopic (exact) mass is 480 g/mol. The molecule has 1 aromatic heterocycles. The normalized spacial score (nSPS) is 15.2. The van der Waals surface area contributed by atoms with Crippen LogP contribution in [0.5, 0.6) is 5.75 Å². The fourth-order valence-corrected chi connectivity index (χ4v) is 4.40. The molecule has 2 unspecified atom stereocenters. The standard InChI is InChI=1S/C24H27F3N2O3S/c1-16-8-6-9-18(12-16)23(29-33(30)22(3,4)5,15-21-13-17(2)28-32-21)19-10-7-11-20(14-19)31-24(25,26)27/h6-14,29H,15H2,1-5H3. The zero-order chi connectivity index (χ0) is 24.4. The molecule has 0 saturated carbocycles. The molecule has 2 atom stereocenters. The lowest BCUT2D eigenvalue weighted by Crippen LogP contribution is -2.50. The van der Waals surface area contributed by atoms with Gasteiger partial charge in [-0.25, -0.2) is 8.93 Å². The van der Waals surface area contributed by atoms with Gasteiger partial charge in [0.2, 0.25) is 0 Å². The van der Waals surface area contributed by atoms with E-state index in [1.54, 1.807) is 19.1 Å². The molecule has 1 heterocycles. The van der Waals surface area contributed by atoms with Gasteiger partial charge in [0.25, 0.3) is 0 Å². The van der Waals surface area contributed by atoms with E-state index in [1.807, 2.05) is 52.0 Å². The fourth-order valence-electron chi connectivity index (χ4n) is 3.47. The second kappa shape index (κ2) is 9.30. The number of alkyl halides is 3. The largest absolute Gasteiger partial charge is 0.573 e. The van der Waals surface area contributed by atoms with Gasteiger partial charge >= 0.3 is 6.36 Å². The summed E-state index contributed by atoms with van der Waals surface area (Å²) in [5, 5.41) is 3.95. The zero-order valence-corrected chi connectivity index (χ0v) is 19.9. The minimum absolute atomic E-state index is 0.161. The van der Waals surface area contributed by atoms with E-state index in [9.17, 15) is 17.4 Å². The third-order valence-electron chi connectivity index (χ3n) is 5.01. The molecule has 0 saturated heterocycles. The molecule has 3 rings (SSSR count). The Morgan fingerprint density at radius 2 is 1.64 bits per heavy atom. The van der Waals surface area contributed by atoms with E-state index in [1.165, 1.54) is 18.2 Å². The Balaban J connectivity index is 2.26. The van der Waals surface area contributed by atoms with Gasteiger partial charge in [-0.1, -0.05) is 47.1 Å². The van der Waals surface area contributed by atoms with Crippen molar-refractivity contribution in [2.75, 3.05) is 0 Å². The molecule has 0 amide bonds. The molecule has 0 bridgehead atoms. The second-order valence-electron chi connectivity index (χ2n) is 8.94. The number of hydrogen-bond acceptors (Lipinski definition) is 4. The molecule has 5 nitrogen and oxygen atoms in total. The van der Waals surface area contributed by atoms with Gasteiger partial charge < -0.3 is 9.26 Å². The number of halogens is 3. The molecule has 0 radical (unpaired) electrons. The van der Waals surface area contributed by atoms with Crippen LogP contribution in [0.1, 0.15) is 48.9 Å². The lowest BCUT2D eigenvalue weighted by atomic mass is 9.79. The lowest BCUT2D eigenvalue weighted by Gasteiger charge is -2.37. The molecule has 3 aromatic rings. The highest BCUT2D eigenvalue weighted by Crippen LogP contribution is 2.38. The highest BCUT2D eigenvalue weighted by atomic mass is 32.2. The molecule has 0 fully saturated rings. The van der Waals surface area contributed by atoms with Gasteiger partial charge in [-0.15, -0.1) is 13.2 Å². The van der Waals surface area contributed by atoms with Gasteiger partial charge in [0, 0.05) is 12.5 Å². The Labute approximate surface area is 193 Å². The van der Waals surface area contributed by atoms with E-state index >= 15 is 0 Å². The van der Waals surface area contributed by atoms with Gasteiger partial charge in [0.15, 0.2) is 0 Å². The minimum atomic E-state index is -4.84. The van der Waals surface area contributed by atoms with Crippen molar-refractivity contribution in [2.45, 2.75) is 57.7 Å². The van der Waals surface area contributed by atoms with E-state index in [0.29, 0.717) is 17.0 Å². The van der Waals surface area contributed by atoms with Crippen LogP contribution in [0.4, 0.5) is 13.2 Å². The van der Waals surface area contributed by atoms with Crippen molar-refractivity contribution < 1.29 is 26.6 Å². The van der Waals surface area contributed by atoms with Crippen molar-refractivity contribution in [3.05, 3.63) is 82.7 Å². The molecule has 0 aliphatic heterocycles. The van der Waals surface area contributed by atoms with Crippen molar-refractivity contribution in [3.63, 3.8) is 0 Å². The van der Waals surface area contributed by atoms with Crippen LogP contribution in [0, 0.1) is 13.8 Å². The van der Waals surface area contributed by atoms with Crippen LogP contribution in [0.25, 0.3) is 0 Å². The summed E-state index contributed by atoms with van der Waals surface area (Å²) in [7, 11) is -1.58. The summed E-state index contributed by atoms with van der Waals surface area (Å²) < 4.78 is 64.5. The average Bonchev–Trinajstić information content (AvgIpc) is 3.10. The van der Waals surface area contributed by atoms with Crippen LogP contribution >= 0.6 is 0 Å². The van der Waals surface area contributed by atoms with E-state index < -0.39 is 27.6 Å². The average molecular weight is 481 g/mol. The van der Waals surface area contributed by atoms with E-state index in [4.69, 9.17) is 4.52 Å². The van der Waals surface area contributed by atoms with Crippen LogP contribution in [0.2, 0.25) is 0 Å². The summed E-state index contributed by atoms with van der Waals surface area (Å²) in [5.74, 6) is 0.128. The third kappa shape index (κ3) is 6.23. The van der Waals surface area contributed by atoms with Crippen molar-refractivity contribution in [3.8, 4) is 5.75 Å². The number of rotatable bonds is 7. The Kier molecular flexibility index (Phi) is 7.04. The van der Waals surface area contributed by atoms with Crippen molar-refractivity contribution in [1.82, 2.24) is 9.88 Å². The first-order chi connectivity index (χ1) is 15.3. The first-order valence-electron chi connectivity index (χ1n) is 10.3. The molecular weight excluding hydrogens is 453 g/mol. The maximum Gasteiger partial charge on any atom is 0.573 e. The Hall–Kier alpha value is -2.65. The highest BCUT2D eigenvalue weighted by Gasteiger charge is 2.41. The smallest absolute Gasteiger partial charge is 0.406 e. The molecular formula is C24H27F3N2O3S. The number of nitrogens with zero attached hydrogens (tertiary/aromatic N) is 1. The molecule has 178 valence electrons. The van der Waals surface area contributed by atoms with Crippen molar-refractivity contribution in [2.24, 2.45) is 0 Å². The second-order valence-corrected chi connectivity index (χ2v) is 10.9. The first-order valence-corrected chi connectivity index (χ1v) is 11.5. The van der Waals surface area contributed by atoms with Crippen LogP contribution in [0.15, 0.2) is 59.1 Å². The number of nitrogens with one attached hydrogen (secondary N) is 1. The SMILES string of the molecule is Cc1cccc(C(Cc2cc(C)no2)(NS(=O)C(C)(C)C)c2cccc(OC(F)(F)F)c2)c1. The lowest BCUT2D eigenvalue weighted by molar-refractivity contribution is -0.274. The van der Waals surface area contributed by atoms with Gasteiger partial charge in [-0.05, 0) is 57.9 Å².